The molecular weight excluding hydrogens is 381 g/mol. The van der Waals surface area contributed by atoms with Crippen LogP contribution in [0, 0.1) is 20.8 Å². The Labute approximate surface area is 119 Å². The molecule has 0 N–H and O–H groups in total. The maximum atomic E-state index is 2.19. The van der Waals surface area contributed by atoms with Crippen molar-refractivity contribution < 1.29 is 27.7 Å². The molecule has 0 fully saturated rings. The molecular formula is C15H18Hg. The van der Waals surface area contributed by atoms with Crippen LogP contribution in [0.25, 0.3) is 0 Å². The van der Waals surface area contributed by atoms with Crippen molar-refractivity contribution >= 4 is 0 Å². The zero-order chi connectivity index (χ0) is 11.1. The number of hydrogen-bond acceptors (Lipinski definition) is 0. The van der Waals surface area contributed by atoms with E-state index in [2.05, 4.69) is 39.0 Å². The summed E-state index contributed by atoms with van der Waals surface area (Å²) >= 11 is 0. The number of benzene rings is 2. The van der Waals surface area contributed by atoms with Gasteiger partial charge in [-0.25, -0.2) is 0 Å². The Kier molecular flexibility index (Phi) is 8.19. The molecule has 0 bridgehead atoms. The van der Waals surface area contributed by atoms with Crippen molar-refractivity contribution in [3.8, 4) is 0 Å². The molecule has 0 saturated heterocycles. The molecule has 0 unspecified atom stereocenters. The Morgan fingerprint density at radius 2 is 0.688 bits per heavy atom. The van der Waals surface area contributed by atoms with Crippen LogP contribution in [-0.2, 0) is 27.7 Å². The first-order chi connectivity index (χ1) is 7.18. The zero-order valence-corrected chi connectivity index (χ0v) is 15.9. The van der Waals surface area contributed by atoms with Crippen LogP contribution in [0.3, 0.4) is 0 Å². The summed E-state index contributed by atoms with van der Waals surface area (Å²) in [6, 6.07) is 18.6. The molecule has 0 nitrogen and oxygen atoms in total. The standard InChI is InChI=1S/C9H12.C6H6.Hg/c1-7-4-8(2)6-9(3)5-7;1-2-4-6-5-3-1;/h4-6H,1-3H3;1-6H;. The molecule has 0 aliphatic rings. The van der Waals surface area contributed by atoms with E-state index in [9.17, 15) is 0 Å². The van der Waals surface area contributed by atoms with Gasteiger partial charge in [-0.1, -0.05) is 71.3 Å². The van der Waals surface area contributed by atoms with Gasteiger partial charge < -0.3 is 0 Å². The monoisotopic (exact) mass is 400 g/mol. The summed E-state index contributed by atoms with van der Waals surface area (Å²) in [5.41, 5.74) is 4.06. The fourth-order valence-electron chi connectivity index (χ4n) is 1.59. The van der Waals surface area contributed by atoms with Gasteiger partial charge in [-0.15, -0.1) is 0 Å². The van der Waals surface area contributed by atoms with E-state index in [-0.39, 0.29) is 27.7 Å². The van der Waals surface area contributed by atoms with E-state index in [1.54, 1.807) is 0 Å². The van der Waals surface area contributed by atoms with Gasteiger partial charge in [0.05, 0.1) is 0 Å². The van der Waals surface area contributed by atoms with Gasteiger partial charge in [0.1, 0.15) is 0 Å². The van der Waals surface area contributed by atoms with Crippen molar-refractivity contribution in [2.24, 2.45) is 0 Å². The molecule has 2 aromatic carbocycles. The predicted octanol–water partition coefficient (Wildman–Crippen LogP) is 4.30. The predicted molar refractivity (Wildman–Crippen MR) is 67.1 cm³/mol. The second-order valence-corrected chi connectivity index (χ2v) is 3.82. The molecule has 0 radical (unpaired) electrons. The number of aryl methyl sites for hydroxylation is 3. The first-order valence-corrected chi connectivity index (χ1v) is 5.23. The Hall–Kier alpha value is -0.625. The van der Waals surface area contributed by atoms with Crippen LogP contribution in [-0.4, -0.2) is 0 Å². The average molecular weight is 399 g/mol. The summed E-state index contributed by atoms with van der Waals surface area (Å²) in [5.74, 6) is 0. The molecule has 0 amide bonds. The molecule has 0 atom stereocenters. The molecule has 80 valence electrons. The van der Waals surface area contributed by atoms with E-state index >= 15 is 0 Å². The van der Waals surface area contributed by atoms with Crippen molar-refractivity contribution in [3.63, 3.8) is 0 Å². The Balaban J connectivity index is 0.000000283. The maximum Gasteiger partial charge on any atom is 0 e. The van der Waals surface area contributed by atoms with Gasteiger partial charge in [0.25, 0.3) is 0 Å². The summed E-state index contributed by atoms with van der Waals surface area (Å²) in [5, 5.41) is 0. The Morgan fingerprint density at radius 3 is 0.875 bits per heavy atom. The van der Waals surface area contributed by atoms with Crippen molar-refractivity contribution in [3.05, 3.63) is 71.3 Å². The van der Waals surface area contributed by atoms with Crippen LogP contribution >= 0.6 is 0 Å². The van der Waals surface area contributed by atoms with Gasteiger partial charge in [-0.05, 0) is 20.8 Å². The van der Waals surface area contributed by atoms with Gasteiger partial charge in [0.2, 0.25) is 0 Å². The molecule has 16 heavy (non-hydrogen) atoms. The van der Waals surface area contributed by atoms with Crippen molar-refractivity contribution in [1.82, 2.24) is 0 Å². The first kappa shape index (κ1) is 15.4. The van der Waals surface area contributed by atoms with E-state index in [1.165, 1.54) is 16.7 Å². The molecule has 0 saturated carbocycles. The summed E-state index contributed by atoms with van der Waals surface area (Å²) in [6.45, 7) is 6.38. The third kappa shape index (κ3) is 6.78. The van der Waals surface area contributed by atoms with Crippen LogP contribution in [0.1, 0.15) is 16.7 Å². The molecule has 0 spiro atoms. The molecule has 0 aliphatic heterocycles. The smallest absolute Gasteiger partial charge is 0 e. The van der Waals surface area contributed by atoms with Crippen LogP contribution in [0.2, 0.25) is 0 Å². The normalized spacial score (nSPS) is 8.44. The topological polar surface area (TPSA) is 0 Å². The Morgan fingerprint density at radius 1 is 0.500 bits per heavy atom. The van der Waals surface area contributed by atoms with Gasteiger partial charge >= 0.3 is 0 Å². The molecule has 0 aliphatic carbocycles. The second-order valence-electron chi connectivity index (χ2n) is 3.82. The molecule has 0 heterocycles. The summed E-state index contributed by atoms with van der Waals surface area (Å²) in [7, 11) is 0. The van der Waals surface area contributed by atoms with Crippen LogP contribution in [0.5, 0.6) is 0 Å². The van der Waals surface area contributed by atoms with Gasteiger partial charge in [0, 0.05) is 27.7 Å². The largest absolute Gasteiger partial charge is 0.0623 e. The summed E-state index contributed by atoms with van der Waals surface area (Å²) in [4.78, 5) is 0. The van der Waals surface area contributed by atoms with Crippen LogP contribution < -0.4 is 0 Å². The van der Waals surface area contributed by atoms with E-state index in [0.29, 0.717) is 0 Å². The third-order valence-corrected chi connectivity index (χ3v) is 2.03. The van der Waals surface area contributed by atoms with E-state index in [0.717, 1.165) is 0 Å². The first-order valence-electron chi connectivity index (χ1n) is 5.23. The molecule has 1 heteroatoms. The average Bonchev–Trinajstić information content (AvgIpc) is 2.19. The molecule has 2 aromatic rings. The van der Waals surface area contributed by atoms with Crippen molar-refractivity contribution in [2.75, 3.05) is 0 Å². The van der Waals surface area contributed by atoms with Crippen LogP contribution in [0.15, 0.2) is 54.6 Å². The van der Waals surface area contributed by atoms with Crippen molar-refractivity contribution in [2.45, 2.75) is 20.8 Å². The Bertz CT molecular complexity index is 316. The van der Waals surface area contributed by atoms with Crippen LogP contribution in [0.4, 0.5) is 0 Å². The van der Waals surface area contributed by atoms with E-state index in [4.69, 9.17) is 0 Å². The van der Waals surface area contributed by atoms with Gasteiger partial charge in [0.15, 0.2) is 0 Å². The zero-order valence-electron chi connectivity index (χ0n) is 10.4. The number of hydrogen-bond donors (Lipinski definition) is 0. The van der Waals surface area contributed by atoms with Gasteiger partial charge in [-0.3, -0.25) is 0 Å². The molecule has 0 aromatic heterocycles. The quantitative estimate of drug-likeness (QED) is 0.580. The minimum atomic E-state index is 0. The van der Waals surface area contributed by atoms with E-state index < -0.39 is 0 Å². The third-order valence-electron chi connectivity index (χ3n) is 2.03. The van der Waals surface area contributed by atoms with Crippen molar-refractivity contribution in [1.29, 1.82) is 0 Å². The van der Waals surface area contributed by atoms with E-state index in [1.807, 2.05) is 36.4 Å². The fraction of sp³-hybridized carbons (Fsp3) is 0.200. The molecule has 2 rings (SSSR count). The SMILES string of the molecule is Cc1cc(C)cc(C)c1.[Hg].c1ccccc1. The number of rotatable bonds is 0. The summed E-state index contributed by atoms with van der Waals surface area (Å²) in [6.07, 6.45) is 0. The van der Waals surface area contributed by atoms with Gasteiger partial charge in [-0.2, -0.15) is 0 Å². The minimum Gasteiger partial charge on any atom is -0.0623 e. The minimum absolute atomic E-state index is 0. The second kappa shape index (κ2) is 8.52. The summed E-state index contributed by atoms with van der Waals surface area (Å²) < 4.78 is 0. The fourth-order valence-corrected chi connectivity index (χ4v) is 1.59. The maximum absolute atomic E-state index is 2.19.